The molecule has 1 saturated heterocycles. The van der Waals surface area contributed by atoms with E-state index in [1.165, 1.54) is 28.8 Å². The van der Waals surface area contributed by atoms with Crippen LogP contribution in [0, 0.1) is 5.82 Å². The Bertz CT molecular complexity index is 1060. The molecule has 2 amide bonds. The number of halogens is 1. The second-order valence-electron chi connectivity index (χ2n) is 7.97. The van der Waals surface area contributed by atoms with Crippen molar-refractivity contribution in [3.05, 3.63) is 71.7 Å². The summed E-state index contributed by atoms with van der Waals surface area (Å²) < 4.78 is 13.5. The minimum Gasteiger partial charge on any atom is -0.339 e. The standard InChI is InChI=1S/C25H27FN4O2S/c1-3-28-13-15-29(16-14-28)23(31)18(2)33-25-27-22(17-19-7-5-4-6-8-19)24(32)30(25)21-11-9-20(26)10-12-21/h4-12,17-18H,3,13-16H2,1-2H3/b22-17-/t18-/m0/s1. The van der Waals surface area contributed by atoms with E-state index in [1.807, 2.05) is 42.2 Å². The van der Waals surface area contributed by atoms with Crippen LogP contribution < -0.4 is 4.90 Å². The molecule has 0 N–H and O–H groups in total. The fourth-order valence-electron chi connectivity index (χ4n) is 3.85. The third-order valence-corrected chi connectivity index (χ3v) is 6.82. The summed E-state index contributed by atoms with van der Waals surface area (Å²) in [6, 6.07) is 15.2. The minimum atomic E-state index is -0.413. The second-order valence-corrected chi connectivity index (χ2v) is 9.28. The highest BCUT2D eigenvalue weighted by molar-refractivity contribution is 8.15. The molecule has 4 rings (SSSR count). The van der Waals surface area contributed by atoms with Crippen LogP contribution in [0.25, 0.3) is 6.08 Å². The zero-order valence-electron chi connectivity index (χ0n) is 18.8. The number of aliphatic imine (C=N–C) groups is 1. The Morgan fingerprint density at radius 1 is 1.09 bits per heavy atom. The summed E-state index contributed by atoms with van der Waals surface area (Å²) in [4.78, 5) is 36.6. The lowest BCUT2D eigenvalue weighted by Gasteiger charge is -2.35. The lowest BCUT2D eigenvalue weighted by atomic mass is 10.2. The predicted octanol–water partition coefficient (Wildman–Crippen LogP) is 3.86. The molecule has 2 heterocycles. The van der Waals surface area contributed by atoms with Crippen LogP contribution in [-0.2, 0) is 9.59 Å². The fraction of sp³-hybridized carbons (Fsp3) is 0.320. The van der Waals surface area contributed by atoms with E-state index in [0.717, 1.165) is 25.2 Å². The smallest absolute Gasteiger partial charge is 0.283 e. The van der Waals surface area contributed by atoms with Gasteiger partial charge in [-0.25, -0.2) is 9.38 Å². The number of amides is 2. The quantitative estimate of drug-likeness (QED) is 0.628. The van der Waals surface area contributed by atoms with E-state index in [9.17, 15) is 14.0 Å². The van der Waals surface area contributed by atoms with Crippen molar-refractivity contribution >= 4 is 40.5 Å². The van der Waals surface area contributed by atoms with E-state index < -0.39 is 5.25 Å². The van der Waals surface area contributed by atoms with E-state index in [2.05, 4.69) is 16.8 Å². The van der Waals surface area contributed by atoms with Crippen molar-refractivity contribution in [2.75, 3.05) is 37.6 Å². The molecule has 0 aromatic heterocycles. The van der Waals surface area contributed by atoms with Crippen molar-refractivity contribution in [3.8, 4) is 0 Å². The van der Waals surface area contributed by atoms with Crippen molar-refractivity contribution in [1.29, 1.82) is 0 Å². The molecule has 1 atom stereocenters. The van der Waals surface area contributed by atoms with Gasteiger partial charge in [0.1, 0.15) is 11.5 Å². The Morgan fingerprint density at radius 2 is 1.76 bits per heavy atom. The Labute approximate surface area is 197 Å². The van der Waals surface area contributed by atoms with Crippen LogP contribution in [0.5, 0.6) is 0 Å². The van der Waals surface area contributed by atoms with Crippen LogP contribution >= 0.6 is 11.8 Å². The summed E-state index contributed by atoms with van der Waals surface area (Å²) in [5.74, 6) is -0.652. The van der Waals surface area contributed by atoms with Crippen molar-refractivity contribution in [2.45, 2.75) is 19.1 Å². The molecule has 172 valence electrons. The number of likely N-dealkylation sites (N-methyl/N-ethyl adjacent to an activating group) is 1. The van der Waals surface area contributed by atoms with Gasteiger partial charge >= 0.3 is 0 Å². The largest absolute Gasteiger partial charge is 0.339 e. The van der Waals surface area contributed by atoms with Crippen molar-refractivity contribution in [1.82, 2.24) is 9.80 Å². The lowest BCUT2D eigenvalue weighted by molar-refractivity contribution is -0.132. The van der Waals surface area contributed by atoms with Crippen LogP contribution in [0.3, 0.4) is 0 Å². The van der Waals surface area contributed by atoms with E-state index >= 15 is 0 Å². The van der Waals surface area contributed by atoms with Crippen LogP contribution in [0.15, 0.2) is 65.3 Å². The van der Waals surface area contributed by atoms with Gasteiger partial charge in [0.15, 0.2) is 5.17 Å². The van der Waals surface area contributed by atoms with Crippen LogP contribution in [-0.4, -0.2) is 64.8 Å². The number of hydrogen-bond donors (Lipinski definition) is 0. The minimum absolute atomic E-state index is 0.0328. The van der Waals surface area contributed by atoms with Crippen molar-refractivity contribution < 1.29 is 14.0 Å². The van der Waals surface area contributed by atoms with Gasteiger partial charge < -0.3 is 9.80 Å². The first-order valence-corrected chi connectivity index (χ1v) is 12.0. The molecule has 1 fully saturated rings. The van der Waals surface area contributed by atoms with Crippen LogP contribution in [0.1, 0.15) is 19.4 Å². The molecule has 33 heavy (non-hydrogen) atoms. The maximum atomic E-state index is 13.5. The first-order chi connectivity index (χ1) is 16.0. The fourth-order valence-corrected chi connectivity index (χ4v) is 4.86. The zero-order valence-corrected chi connectivity index (χ0v) is 19.6. The van der Waals surface area contributed by atoms with Gasteiger partial charge in [-0.2, -0.15) is 0 Å². The van der Waals surface area contributed by atoms with Crippen molar-refractivity contribution in [2.24, 2.45) is 4.99 Å². The molecule has 0 saturated carbocycles. The topological polar surface area (TPSA) is 56.2 Å². The van der Waals surface area contributed by atoms with Gasteiger partial charge in [0.2, 0.25) is 5.91 Å². The average Bonchev–Trinajstić information content (AvgIpc) is 3.14. The van der Waals surface area contributed by atoms with Crippen LogP contribution in [0.4, 0.5) is 10.1 Å². The van der Waals surface area contributed by atoms with Gasteiger partial charge in [0.25, 0.3) is 5.91 Å². The van der Waals surface area contributed by atoms with Crippen LogP contribution in [0.2, 0.25) is 0 Å². The summed E-state index contributed by atoms with van der Waals surface area (Å²) in [7, 11) is 0. The molecular weight excluding hydrogens is 439 g/mol. The zero-order chi connectivity index (χ0) is 23.4. The molecule has 0 unspecified atom stereocenters. The molecule has 8 heteroatoms. The molecule has 2 aromatic carbocycles. The maximum Gasteiger partial charge on any atom is 0.283 e. The number of rotatable bonds is 5. The highest BCUT2D eigenvalue weighted by Gasteiger charge is 2.35. The highest BCUT2D eigenvalue weighted by Crippen LogP contribution is 2.31. The van der Waals surface area contributed by atoms with E-state index in [4.69, 9.17) is 0 Å². The first kappa shape index (κ1) is 23.2. The third-order valence-electron chi connectivity index (χ3n) is 5.78. The summed E-state index contributed by atoms with van der Waals surface area (Å²) in [5.41, 5.74) is 1.65. The normalized spacial score (nSPS) is 19.2. The number of carbonyl (C=O) groups excluding carboxylic acids is 2. The van der Waals surface area contributed by atoms with Crippen molar-refractivity contribution in [3.63, 3.8) is 0 Å². The van der Waals surface area contributed by atoms with Gasteiger partial charge in [0, 0.05) is 26.2 Å². The molecule has 6 nitrogen and oxygen atoms in total. The summed E-state index contributed by atoms with van der Waals surface area (Å²) in [6.45, 7) is 8.07. The molecule has 2 aliphatic rings. The molecule has 0 radical (unpaired) electrons. The second kappa shape index (κ2) is 10.3. The summed E-state index contributed by atoms with van der Waals surface area (Å²) >= 11 is 1.26. The van der Waals surface area contributed by atoms with Gasteiger partial charge in [-0.15, -0.1) is 0 Å². The van der Waals surface area contributed by atoms with Gasteiger partial charge in [-0.1, -0.05) is 49.0 Å². The number of benzene rings is 2. The van der Waals surface area contributed by atoms with Gasteiger partial charge in [-0.3, -0.25) is 14.5 Å². The predicted molar refractivity (Wildman–Crippen MR) is 131 cm³/mol. The Morgan fingerprint density at radius 3 is 2.39 bits per heavy atom. The Balaban J connectivity index is 1.57. The number of amidine groups is 1. The monoisotopic (exact) mass is 466 g/mol. The SMILES string of the molecule is CCN1CCN(C(=O)[C@H](C)SC2=N/C(=C\c3ccccc3)C(=O)N2c2ccc(F)cc2)CC1. The summed E-state index contributed by atoms with van der Waals surface area (Å²) in [6.07, 6.45) is 1.73. The van der Waals surface area contributed by atoms with E-state index in [0.29, 0.717) is 23.9 Å². The summed E-state index contributed by atoms with van der Waals surface area (Å²) in [5, 5.41) is 0.00517. The molecular formula is C25H27FN4O2S. The average molecular weight is 467 g/mol. The molecule has 0 spiro atoms. The number of piperazine rings is 1. The van der Waals surface area contributed by atoms with Gasteiger partial charge in [-0.05, 0) is 49.4 Å². The molecule has 2 aromatic rings. The Hall–Kier alpha value is -2.97. The molecule has 0 bridgehead atoms. The molecule has 0 aliphatic carbocycles. The first-order valence-electron chi connectivity index (χ1n) is 11.1. The van der Waals surface area contributed by atoms with E-state index in [-0.39, 0.29) is 23.3 Å². The molecule has 2 aliphatic heterocycles. The maximum absolute atomic E-state index is 13.5. The number of thioether (sulfide) groups is 1. The number of hydrogen-bond acceptors (Lipinski definition) is 5. The van der Waals surface area contributed by atoms with Gasteiger partial charge in [0.05, 0.1) is 10.9 Å². The third kappa shape index (κ3) is 5.34. The Kier molecular flexibility index (Phi) is 7.25. The number of nitrogens with zero attached hydrogens (tertiary/aromatic N) is 4. The highest BCUT2D eigenvalue weighted by atomic mass is 32.2. The van der Waals surface area contributed by atoms with E-state index in [1.54, 1.807) is 18.2 Å². The number of anilines is 1. The lowest BCUT2D eigenvalue weighted by Crippen LogP contribution is -2.50. The number of carbonyl (C=O) groups is 2.